The highest BCUT2D eigenvalue weighted by molar-refractivity contribution is 5.97. The summed E-state index contributed by atoms with van der Waals surface area (Å²) in [5.41, 5.74) is 2.57. The smallest absolute Gasteiger partial charge is 0.227 e. The maximum atomic E-state index is 13.2. The molecule has 1 fully saturated rings. The van der Waals surface area contributed by atoms with Crippen LogP contribution in [0.2, 0.25) is 0 Å². The molecule has 1 unspecified atom stereocenters. The lowest BCUT2D eigenvalue weighted by Gasteiger charge is -2.30. The fourth-order valence-corrected chi connectivity index (χ4v) is 4.51. The maximum absolute atomic E-state index is 13.2. The minimum Gasteiger partial charge on any atom is -0.508 e. The van der Waals surface area contributed by atoms with Crippen LogP contribution in [-0.2, 0) is 11.4 Å². The van der Waals surface area contributed by atoms with Crippen LogP contribution >= 0.6 is 0 Å². The summed E-state index contributed by atoms with van der Waals surface area (Å²) in [6.45, 7) is -0.187. The van der Waals surface area contributed by atoms with Crippen molar-refractivity contribution in [2.45, 2.75) is 38.0 Å². The molecule has 1 saturated heterocycles. The van der Waals surface area contributed by atoms with Crippen LogP contribution in [0.4, 0.5) is 10.1 Å². The summed E-state index contributed by atoms with van der Waals surface area (Å²) >= 11 is 0. The first-order valence-corrected chi connectivity index (χ1v) is 10.7. The number of para-hydroxylation sites is 1. The van der Waals surface area contributed by atoms with E-state index in [2.05, 4.69) is 0 Å². The summed E-state index contributed by atoms with van der Waals surface area (Å²) in [7, 11) is 0. The van der Waals surface area contributed by atoms with Gasteiger partial charge in [0.15, 0.2) is 0 Å². The van der Waals surface area contributed by atoms with Gasteiger partial charge in [0.2, 0.25) is 5.91 Å². The lowest BCUT2D eigenvalue weighted by Crippen LogP contribution is -2.29. The zero-order valence-electron chi connectivity index (χ0n) is 17.6. The summed E-state index contributed by atoms with van der Waals surface area (Å²) in [5, 5.41) is 30.7. The summed E-state index contributed by atoms with van der Waals surface area (Å²) < 4.78 is 13.2. The number of anilines is 1. The van der Waals surface area contributed by atoms with Crippen molar-refractivity contribution in [2.24, 2.45) is 5.92 Å². The first-order valence-electron chi connectivity index (χ1n) is 10.7. The third-order valence-corrected chi connectivity index (χ3v) is 6.13. The zero-order valence-corrected chi connectivity index (χ0v) is 17.6. The average Bonchev–Trinajstić information content (AvgIpc) is 3.14. The van der Waals surface area contributed by atoms with E-state index in [-0.39, 0.29) is 36.4 Å². The number of carbonyl (C=O) groups excluding carboxylic acids is 1. The summed E-state index contributed by atoms with van der Waals surface area (Å²) in [4.78, 5) is 14.8. The molecule has 0 bridgehead atoms. The van der Waals surface area contributed by atoms with E-state index in [1.807, 2.05) is 30.3 Å². The number of halogens is 1. The minimum absolute atomic E-state index is 0.0289. The molecule has 3 N–H and O–H groups in total. The van der Waals surface area contributed by atoms with Crippen LogP contribution in [0.25, 0.3) is 0 Å². The number of carbonyl (C=O) groups is 1. The molecule has 166 valence electrons. The molecule has 6 heteroatoms. The highest BCUT2D eigenvalue weighted by Crippen LogP contribution is 2.46. The number of benzene rings is 3. The predicted molar refractivity (Wildman–Crippen MR) is 119 cm³/mol. The highest BCUT2D eigenvalue weighted by Gasteiger charge is 2.42. The van der Waals surface area contributed by atoms with E-state index in [0.29, 0.717) is 29.5 Å². The molecule has 5 nitrogen and oxygen atoms in total. The van der Waals surface area contributed by atoms with E-state index in [1.165, 1.54) is 18.2 Å². The molecule has 1 heterocycles. The maximum Gasteiger partial charge on any atom is 0.227 e. The van der Waals surface area contributed by atoms with Gasteiger partial charge in [-0.05, 0) is 60.2 Å². The number of phenols is 1. The first-order chi connectivity index (χ1) is 15.5. The number of amides is 1. The minimum atomic E-state index is -0.775. The fraction of sp³-hybridized carbons (Fsp3) is 0.269. The van der Waals surface area contributed by atoms with Crippen molar-refractivity contribution in [3.63, 3.8) is 0 Å². The number of aromatic hydroxyl groups is 1. The Labute approximate surface area is 186 Å². The van der Waals surface area contributed by atoms with Crippen molar-refractivity contribution in [3.05, 3.63) is 95.3 Å². The number of hydrogen-bond acceptors (Lipinski definition) is 4. The highest BCUT2D eigenvalue weighted by atomic mass is 19.1. The Bertz CT molecular complexity index is 1070. The molecule has 0 aromatic heterocycles. The molecule has 1 amide bonds. The monoisotopic (exact) mass is 435 g/mol. The Morgan fingerprint density at radius 2 is 1.75 bits per heavy atom. The van der Waals surface area contributed by atoms with Gasteiger partial charge in [-0.3, -0.25) is 4.79 Å². The Balaban J connectivity index is 1.63. The van der Waals surface area contributed by atoms with Gasteiger partial charge in [-0.15, -0.1) is 0 Å². The Kier molecular flexibility index (Phi) is 6.53. The van der Waals surface area contributed by atoms with Crippen molar-refractivity contribution < 1.29 is 24.5 Å². The van der Waals surface area contributed by atoms with Crippen molar-refractivity contribution in [1.82, 2.24) is 0 Å². The van der Waals surface area contributed by atoms with Gasteiger partial charge in [-0.25, -0.2) is 4.39 Å². The lowest BCUT2D eigenvalue weighted by atomic mass is 9.87. The number of hydrogen-bond donors (Lipinski definition) is 3. The Morgan fingerprint density at radius 3 is 2.41 bits per heavy atom. The van der Waals surface area contributed by atoms with Gasteiger partial charge in [0.25, 0.3) is 0 Å². The Hall–Kier alpha value is -3.22. The van der Waals surface area contributed by atoms with E-state index in [1.54, 1.807) is 29.2 Å². The topological polar surface area (TPSA) is 81.0 Å². The van der Waals surface area contributed by atoms with Gasteiger partial charge in [0.1, 0.15) is 11.6 Å². The zero-order chi connectivity index (χ0) is 22.7. The molecule has 1 aliphatic heterocycles. The van der Waals surface area contributed by atoms with Crippen molar-refractivity contribution in [2.75, 3.05) is 4.90 Å². The first kappa shape index (κ1) is 22.0. The second-order valence-electron chi connectivity index (χ2n) is 8.20. The quantitative estimate of drug-likeness (QED) is 0.505. The largest absolute Gasteiger partial charge is 0.508 e. The van der Waals surface area contributed by atoms with Gasteiger partial charge in [0, 0.05) is 17.7 Å². The predicted octanol–water partition coefficient (Wildman–Crippen LogP) is 4.63. The van der Waals surface area contributed by atoms with E-state index in [4.69, 9.17) is 0 Å². The number of aliphatic hydroxyl groups is 2. The van der Waals surface area contributed by atoms with Crippen molar-refractivity contribution in [3.8, 4) is 5.75 Å². The second kappa shape index (κ2) is 9.51. The van der Waals surface area contributed by atoms with Crippen LogP contribution in [0.1, 0.15) is 48.1 Å². The third-order valence-electron chi connectivity index (χ3n) is 6.13. The van der Waals surface area contributed by atoms with Crippen molar-refractivity contribution in [1.29, 1.82) is 0 Å². The Morgan fingerprint density at radius 1 is 1.03 bits per heavy atom. The van der Waals surface area contributed by atoms with Crippen LogP contribution < -0.4 is 4.90 Å². The van der Waals surface area contributed by atoms with E-state index < -0.39 is 12.1 Å². The van der Waals surface area contributed by atoms with Crippen LogP contribution in [0.3, 0.4) is 0 Å². The molecule has 0 aliphatic carbocycles. The van der Waals surface area contributed by atoms with Gasteiger partial charge in [0.05, 0.1) is 18.8 Å². The van der Waals surface area contributed by atoms with Crippen LogP contribution in [0.5, 0.6) is 5.75 Å². The van der Waals surface area contributed by atoms with E-state index >= 15 is 0 Å². The van der Waals surface area contributed by atoms with Crippen molar-refractivity contribution >= 4 is 11.6 Å². The summed E-state index contributed by atoms with van der Waals surface area (Å²) in [5.74, 6) is -0.513. The second-order valence-corrected chi connectivity index (χ2v) is 8.20. The molecule has 0 spiro atoms. The van der Waals surface area contributed by atoms with Crippen LogP contribution in [0, 0.1) is 11.7 Å². The molecular weight excluding hydrogens is 409 g/mol. The van der Waals surface area contributed by atoms with E-state index in [0.717, 1.165) is 5.69 Å². The molecule has 3 atom stereocenters. The number of phenolic OH excluding ortho intramolecular Hbond substituents is 1. The van der Waals surface area contributed by atoms with Gasteiger partial charge >= 0.3 is 0 Å². The van der Waals surface area contributed by atoms with Gasteiger partial charge in [-0.2, -0.15) is 0 Å². The molecule has 1 aliphatic rings. The fourth-order valence-electron chi connectivity index (χ4n) is 4.51. The third kappa shape index (κ3) is 4.52. The van der Waals surface area contributed by atoms with Gasteiger partial charge in [-0.1, -0.05) is 42.5 Å². The van der Waals surface area contributed by atoms with Crippen LogP contribution in [-0.4, -0.2) is 21.2 Å². The standard InChI is InChI=1S/C26H26FNO4/c27-20-10-7-18(8-11-20)23(30)13-9-19-15-25(32)28(21-4-2-1-3-5-21)26(19)22-12-6-17(16-29)14-24(22)31/h1-8,10-12,14,19,23,26,29-31H,9,13,15-16H2/t19-,23?,26+/m1/s1. The number of aliphatic hydroxyl groups excluding tert-OH is 2. The molecule has 32 heavy (non-hydrogen) atoms. The molecular formula is C26H26FNO4. The van der Waals surface area contributed by atoms with E-state index in [9.17, 15) is 24.5 Å². The van der Waals surface area contributed by atoms with Gasteiger partial charge < -0.3 is 20.2 Å². The molecule has 3 aromatic carbocycles. The molecule has 0 saturated carbocycles. The number of rotatable bonds is 7. The summed E-state index contributed by atoms with van der Waals surface area (Å²) in [6, 6.07) is 19.7. The average molecular weight is 435 g/mol. The lowest BCUT2D eigenvalue weighted by molar-refractivity contribution is -0.117. The molecule has 3 aromatic rings. The summed E-state index contributed by atoms with van der Waals surface area (Å²) in [6.07, 6.45) is 0.455. The normalized spacial score (nSPS) is 19.3. The van der Waals surface area contributed by atoms with Crippen LogP contribution in [0.15, 0.2) is 72.8 Å². The molecule has 4 rings (SSSR count). The molecule has 0 radical (unpaired) electrons. The SMILES string of the molecule is O=C1C[C@@H](CCC(O)c2ccc(F)cc2)[C@@H](c2ccc(CO)cc2O)N1c1ccccc1. The number of nitrogens with zero attached hydrogens (tertiary/aromatic N) is 1.